The molecule has 20 heavy (non-hydrogen) atoms. The monoisotopic (exact) mass is 340 g/mol. The van der Waals surface area contributed by atoms with Crippen LogP contribution in [0.5, 0.6) is 0 Å². The predicted molar refractivity (Wildman–Crippen MR) is 83.8 cm³/mol. The molecule has 0 aromatic heterocycles. The van der Waals surface area contributed by atoms with Gasteiger partial charge in [0.2, 0.25) is 5.91 Å². The molecule has 0 saturated carbocycles. The van der Waals surface area contributed by atoms with E-state index in [-0.39, 0.29) is 11.8 Å². The first-order chi connectivity index (χ1) is 9.52. The van der Waals surface area contributed by atoms with Gasteiger partial charge in [-0.05, 0) is 53.4 Å². The lowest BCUT2D eigenvalue weighted by atomic mass is 9.96. The number of amides is 1. The third kappa shape index (κ3) is 3.33. The number of aliphatic hydroxyl groups excluding tert-OH is 1. The lowest BCUT2D eigenvalue weighted by molar-refractivity contribution is -0.124. The van der Waals surface area contributed by atoms with Crippen molar-refractivity contribution >= 4 is 27.5 Å². The van der Waals surface area contributed by atoms with Gasteiger partial charge in [-0.3, -0.25) is 4.79 Å². The number of carbonyl (C=O) groups is 1. The zero-order valence-electron chi connectivity index (χ0n) is 11.9. The quantitative estimate of drug-likeness (QED) is 0.888. The molecule has 1 aromatic carbocycles. The van der Waals surface area contributed by atoms with Gasteiger partial charge in [-0.25, -0.2) is 0 Å². The molecule has 2 rings (SSSR count). The summed E-state index contributed by atoms with van der Waals surface area (Å²) in [6, 6.07) is 5.90. The Morgan fingerprint density at radius 2 is 2.30 bits per heavy atom. The predicted octanol–water partition coefficient (Wildman–Crippen LogP) is 2.46. The summed E-state index contributed by atoms with van der Waals surface area (Å²) in [4.78, 5) is 14.0. The van der Waals surface area contributed by atoms with Crippen LogP contribution < -0.4 is 10.2 Å². The van der Waals surface area contributed by atoms with Crippen LogP contribution in [0.1, 0.15) is 31.4 Å². The minimum absolute atomic E-state index is 0.0529. The highest BCUT2D eigenvalue weighted by molar-refractivity contribution is 9.10. The van der Waals surface area contributed by atoms with Crippen LogP contribution in [0.2, 0.25) is 0 Å². The molecule has 0 aliphatic carbocycles. The van der Waals surface area contributed by atoms with Crippen LogP contribution >= 0.6 is 15.9 Å². The summed E-state index contributed by atoms with van der Waals surface area (Å²) in [5.74, 6) is 0.170. The summed E-state index contributed by atoms with van der Waals surface area (Å²) >= 11 is 3.57. The number of hydrogen-bond acceptors (Lipinski definition) is 3. The lowest BCUT2D eigenvalue weighted by Crippen LogP contribution is -2.42. The van der Waals surface area contributed by atoms with Crippen LogP contribution in [0.15, 0.2) is 22.7 Å². The second-order valence-electron chi connectivity index (χ2n) is 5.29. The van der Waals surface area contributed by atoms with Crippen LogP contribution in [0.4, 0.5) is 5.69 Å². The molecule has 1 amide bonds. The number of nitrogens with zero attached hydrogens (tertiary/aromatic N) is 1. The van der Waals surface area contributed by atoms with E-state index in [0.29, 0.717) is 0 Å². The van der Waals surface area contributed by atoms with Crippen molar-refractivity contribution in [1.82, 2.24) is 5.32 Å². The van der Waals surface area contributed by atoms with E-state index in [1.165, 1.54) is 0 Å². The Bertz CT molecular complexity index is 491. The molecule has 0 spiro atoms. The first-order valence-corrected chi connectivity index (χ1v) is 7.76. The van der Waals surface area contributed by atoms with Gasteiger partial charge in [0.15, 0.2) is 0 Å². The van der Waals surface area contributed by atoms with Crippen molar-refractivity contribution in [2.75, 3.05) is 25.0 Å². The Balaban J connectivity index is 2.17. The maximum absolute atomic E-state index is 11.8. The molecule has 1 aliphatic heterocycles. The fraction of sp³-hybridized carbons (Fsp3) is 0.533. The van der Waals surface area contributed by atoms with Crippen LogP contribution in [-0.2, 0) is 4.79 Å². The number of hydrogen-bond donors (Lipinski definition) is 2. The summed E-state index contributed by atoms with van der Waals surface area (Å²) in [5, 5.41) is 12.3. The summed E-state index contributed by atoms with van der Waals surface area (Å²) in [6.45, 7) is 3.45. The molecule has 2 atom stereocenters. The standard InChI is InChI=1S/C15H21BrN2O2/c1-10(19)11-5-6-14(13(16)8-11)18-7-3-4-12(9-18)15(20)17-2/h5-6,8,10,12,19H,3-4,7,9H2,1-2H3,(H,17,20)/t10-,12?/m0/s1. The second-order valence-corrected chi connectivity index (χ2v) is 6.14. The van der Waals surface area contributed by atoms with Crippen molar-refractivity contribution in [2.24, 2.45) is 5.92 Å². The van der Waals surface area contributed by atoms with Crippen molar-refractivity contribution < 1.29 is 9.90 Å². The highest BCUT2D eigenvalue weighted by Gasteiger charge is 2.26. The first-order valence-electron chi connectivity index (χ1n) is 6.97. The summed E-state index contributed by atoms with van der Waals surface area (Å²) in [7, 11) is 1.69. The number of aliphatic hydroxyl groups is 1. The Morgan fingerprint density at radius 3 is 2.90 bits per heavy atom. The summed E-state index contributed by atoms with van der Waals surface area (Å²) in [6.07, 6.45) is 1.49. The van der Waals surface area contributed by atoms with Crippen LogP contribution in [0, 0.1) is 5.92 Å². The zero-order valence-corrected chi connectivity index (χ0v) is 13.5. The third-order valence-corrected chi connectivity index (χ3v) is 4.47. The highest BCUT2D eigenvalue weighted by atomic mass is 79.9. The molecule has 110 valence electrons. The molecular formula is C15H21BrN2O2. The van der Waals surface area contributed by atoms with Gasteiger partial charge in [0.05, 0.1) is 17.7 Å². The average molecular weight is 341 g/mol. The van der Waals surface area contributed by atoms with Crippen molar-refractivity contribution in [3.8, 4) is 0 Å². The average Bonchev–Trinajstić information content (AvgIpc) is 2.46. The molecule has 0 radical (unpaired) electrons. The van der Waals surface area contributed by atoms with E-state index < -0.39 is 6.10 Å². The number of halogens is 1. The van der Waals surface area contributed by atoms with Crippen molar-refractivity contribution in [3.05, 3.63) is 28.2 Å². The minimum atomic E-state index is -0.472. The van der Waals surface area contributed by atoms with Crippen molar-refractivity contribution in [1.29, 1.82) is 0 Å². The number of benzene rings is 1. The Hall–Kier alpha value is -1.07. The van der Waals surface area contributed by atoms with Crippen LogP contribution in [0.3, 0.4) is 0 Å². The largest absolute Gasteiger partial charge is 0.389 e. The van der Waals surface area contributed by atoms with Crippen molar-refractivity contribution in [3.63, 3.8) is 0 Å². The normalized spacial score (nSPS) is 20.6. The van der Waals surface area contributed by atoms with Gasteiger partial charge in [0.1, 0.15) is 0 Å². The number of carbonyl (C=O) groups excluding carboxylic acids is 1. The molecule has 5 heteroatoms. The molecule has 4 nitrogen and oxygen atoms in total. The molecule has 1 fully saturated rings. The van der Waals surface area contributed by atoms with Gasteiger partial charge in [-0.15, -0.1) is 0 Å². The minimum Gasteiger partial charge on any atom is -0.389 e. The molecule has 1 unspecified atom stereocenters. The Kier molecular flexibility index (Phi) is 5.05. The van der Waals surface area contributed by atoms with E-state index in [0.717, 1.165) is 41.7 Å². The van der Waals surface area contributed by atoms with Crippen LogP contribution in [-0.4, -0.2) is 31.2 Å². The third-order valence-electron chi connectivity index (χ3n) is 3.83. The van der Waals surface area contributed by atoms with Crippen molar-refractivity contribution in [2.45, 2.75) is 25.9 Å². The summed E-state index contributed by atoms with van der Waals surface area (Å²) < 4.78 is 0.966. The Morgan fingerprint density at radius 1 is 1.55 bits per heavy atom. The zero-order chi connectivity index (χ0) is 14.7. The second kappa shape index (κ2) is 6.59. The molecule has 1 saturated heterocycles. The molecule has 1 heterocycles. The summed E-state index contributed by atoms with van der Waals surface area (Å²) in [5.41, 5.74) is 1.98. The van der Waals surface area contributed by atoms with E-state index in [1.807, 2.05) is 18.2 Å². The maximum atomic E-state index is 11.8. The maximum Gasteiger partial charge on any atom is 0.224 e. The fourth-order valence-corrected chi connectivity index (χ4v) is 3.30. The Labute approximate surface area is 128 Å². The number of piperidine rings is 1. The van der Waals surface area contributed by atoms with Crippen LogP contribution in [0.25, 0.3) is 0 Å². The lowest BCUT2D eigenvalue weighted by Gasteiger charge is -2.34. The van der Waals surface area contributed by atoms with E-state index in [9.17, 15) is 9.90 Å². The van der Waals surface area contributed by atoms with E-state index in [2.05, 4.69) is 26.1 Å². The molecule has 1 aliphatic rings. The van der Waals surface area contributed by atoms with Gasteiger partial charge < -0.3 is 15.3 Å². The molecule has 0 bridgehead atoms. The number of anilines is 1. The van der Waals surface area contributed by atoms with E-state index in [1.54, 1.807) is 14.0 Å². The smallest absolute Gasteiger partial charge is 0.224 e. The van der Waals surface area contributed by atoms with Gasteiger partial charge in [0.25, 0.3) is 0 Å². The topological polar surface area (TPSA) is 52.6 Å². The number of nitrogens with one attached hydrogen (secondary N) is 1. The van der Waals surface area contributed by atoms with Gasteiger partial charge in [-0.1, -0.05) is 6.07 Å². The SMILES string of the molecule is CNC(=O)C1CCCN(c2ccc([C@H](C)O)cc2Br)C1. The fourth-order valence-electron chi connectivity index (χ4n) is 2.65. The molecule has 2 N–H and O–H groups in total. The van der Waals surface area contributed by atoms with E-state index >= 15 is 0 Å². The first kappa shape index (κ1) is 15.3. The van der Waals surface area contributed by atoms with Gasteiger partial charge in [-0.2, -0.15) is 0 Å². The molecule has 1 aromatic rings. The number of rotatable bonds is 3. The highest BCUT2D eigenvalue weighted by Crippen LogP contribution is 2.32. The van der Waals surface area contributed by atoms with Gasteiger partial charge >= 0.3 is 0 Å². The van der Waals surface area contributed by atoms with E-state index in [4.69, 9.17) is 0 Å². The molecular weight excluding hydrogens is 320 g/mol. The van der Waals surface area contributed by atoms with Gasteiger partial charge in [0, 0.05) is 24.6 Å².